The number of aromatic nitrogens is 2. The van der Waals surface area contributed by atoms with E-state index in [-0.39, 0.29) is 12.4 Å². The monoisotopic (exact) mass is 424 g/mol. The number of aryl methyl sites for hydroxylation is 4. The molecule has 0 radical (unpaired) electrons. The number of esters is 1. The molecule has 0 aliphatic rings. The van der Waals surface area contributed by atoms with E-state index in [9.17, 15) is 9.59 Å². The topological polar surface area (TPSA) is 61.2 Å². The van der Waals surface area contributed by atoms with E-state index in [2.05, 4.69) is 5.10 Å². The van der Waals surface area contributed by atoms with E-state index >= 15 is 0 Å². The zero-order valence-corrected chi connectivity index (χ0v) is 18.6. The van der Waals surface area contributed by atoms with E-state index in [1.54, 1.807) is 11.6 Å². The molecule has 0 bridgehead atoms. The van der Waals surface area contributed by atoms with E-state index in [4.69, 9.17) is 16.3 Å². The Morgan fingerprint density at radius 3 is 2.37 bits per heavy atom. The first-order chi connectivity index (χ1) is 14.2. The van der Waals surface area contributed by atoms with E-state index < -0.39 is 5.97 Å². The van der Waals surface area contributed by atoms with Gasteiger partial charge in [-0.3, -0.25) is 9.48 Å². The number of nitrogens with zero attached hydrogens (tertiary/aromatic N) is 2. The van der Waals surface area contributed by atoms with Crippen LogP contribution in [0.25, 0.3) is 0 Å². The van der Waals surface area contributed by atoms with Crippen LogP contribution in [0.15, 0.2) is 36.4 Å². The summed E-state index contributed by atoms with van der Waals surface area (Å²) in [6.45, 7) is 9.54. The lowest BCUT2D eigenvalue weighted by Gasteiger charge is -2.10. The van der Waals surface area contributed by atoms with Crippen molar-refractivity contribution in [1.82, 2.24) is 9.78 Å². The van der Waals surface area contributed by atoms with Gasteiger partial charge in [0.25, 0.3) is 0 Å². The summed E-state index contributed by atoms with van der Waals surface area (Å²) < 4.78 is 7.08. The first-order valence-electron chi connectivity index (χ1n) is 9.74. The number of ketones is 1. The molecule has 0 saturated heterocycles. The predicted octanol–water partition coefficient (Wildman–Crippen LogP) is 5.17. The van der Waals surface area contributed by atoms with E-state index in [1.807, 2.05) is 64.1 Å². The van der Waals surface area contributed by atoms with Gasteiger partial charge in [0.05, 0.1) is 17.9 Å². The molecule has 1 aromatic heterocycles. The highest BCUT2D eigenvalue weighted by molar-refractivity contribution is 6.31. The lowest BCUT2D eigenvalue weighted by molar-refractivity contribution is 0.0473. The second kappa shape index (κ2) is 8.84. The summed E-state index contributed by atoms with van der Waals surface area (Å²) in [5.74, 6) is -0.770. The van der Waals surface area contributed by atoms with Gasteiger partial charge in [0.2, 0.25) is 5.78 Å². The quantitative estimate of drug-likeness (QED) is 0.404. The van der Waals surface area contributed by atoms with E-state index in [0.29, 0.717) is 34.1 Å². The van der Waals surface area contributed by atoms with Crippen molar-refractivity contribution in [2.45, 2.75) is 41.2 Å². The number of carbonyl (C=O) groups is 2. The molecule has 3 rings (SSSR count). The van der Waals surface area contributed by atoms with Crippen LogP contribution in [0, 0.1) is 34.6 Å². The fourth-order valence-electron chi connectivity index (χ4n) is 3.48. The van der Waals surface area contributed by atoms with Crippen LogP contribution in [0.2, 0.25) is 5.02 Å². The lowest BCUT2D eigenvalue weighted by Crippen LogP contribution is -2.16. The molecule has 156 valence electrons. The van der Waals surface area contributed by atoms with Crippen molar-refractivity contribution in [3.63, 3.8) is 0 Å². The van der Waals surface area contributed by atoms with Crippen molar-refractivity contribution in [3.05, 3.63) is 86.2 Å². The molecular formula is C24H25ClN2O3. The van der Waals surface area contributed by atoms with Crippen LogP contribution in [0.1, 0.15) is 54.4 Å². The van der Waals surface area contributed by atoms with Crippen LogP contribution in [-0.2, 0) is 11.3 Å². The number of benzene rings is 2. The Kier molecular flexibility index (Phi) is 6.42. The highest BCUT2D eigenvalue weighted by atomic mass is 35.5. The second-order valence-electron chi connectivity index (χ2n) is 7.55. The Balaban J connectivity index is 1.75. The zero-order valence-electron chi connectivity index (χ0n) is 17.9. The second-order valence-corrected chi connectivity index (χ2v) is 7.95. The summed E-state index contributed by atoms with van der Waals surface area (Å²) in [5, 5.41) is 5.10. The van der Waals surface area contributed by atoms with Gasteiger partial charge in [-0.25, -0.2) is 4.79 Å². The minimum absolute atomic E-state index is 0.220. The maximum atomic E-state index is 12.7. The molecule has 0 fully saturated rings. The third kappa shape index (κ3) is 4.46. The first kappa shape index (κ1) is 21.8. The maximum absolute atomic E-state index is 12.7. The molecule has 6 heteroatoms. The Hall–Kier alpha value is -2.92. The molecule has 0 spiro atoms. The molecule has 0 atom stereocenters. The molecule has 2 aromatic carbocycles. The van der Waals surface area contributed by atoms with Crippen molar-refractivity contribution < 1.29 is 14.3 Å². The van der Waals surface area contributed by atoms with E-state index in [1.165, 1.54) is 0 Å². The number of halogens is 1. The van der Waals surface area contributed by atoms with Crippen molar-refractivity contribution >= 4 is 23.4 Å². The number of Topliss-reactive ketones (excluding diaryl/α,β-unsaturated/α-hetero) is 1. The van der Waals surface area contributed by atoms with Crippen molar-refractivity contribution in [3.8, 4) is 0 Å². The fourth-order valence-corrected chi connectivity index (χ4v) is 3.67. The predicted molar refractivity (Wildman–Crippen MR) is 118 cm³/mol. The summed E-state index contributed by atoms with van der Waals surface area (Å²) >= 11 is 6.24. The van der Waals surface area contributed by atoms with Crippen molar-refractivity contribution in [1.29, 1.82) is 0 Å². The Morgan fingerprint density at radius 2 is 1.67 bits per heavy atom. The van der Waals surface area contributed by atoms with Gasteiger partial charge in [0.1, 0.15) is 5.56 Å². The summed E-state index contributed by atoms with van der Waals surface area (Å²) in [5.41, 5.74) is 6.12. The van der Waals surface area contributed by atoms with E-state index in [0.717, 1.165) is 22.3 Å². The fraction of sp³-hybridized carbons (Fsp3) is 0.292. The lowest BCUT2D eigenvalue weighted by atomic mass is 9.98. The van der Waals surface area contributed by atoms with Crippen molar-refractivity contribution in [2.75, 3.05) is 6.61 Å². The third-order valence-corrected chi connectivity index (χ3v) is 5.71. The maximum Gasteiger partial charge on any atom is 0.342 e. The van der Waals surface area contributed by atoms with Gasteiger partial charge in [-0.2, -0.15) is 5.10 Å². The van der Waals surface area contributed by atoms with Crippen LogP contribution >= 0.6 is 11.6 Å². The Labute approximate surface area is 181 Å². The standard InChI is InChI=1S/C24H25ClN2O3/c1-14-10-16(3)20(11-15(14)2)22(28)13-30-24(29)23-17(4)26-27(18(23)5)12-19-8-6-7-9-21(19)25/h6-11H,12-13H2,1-5H3. The molecule has 0 aliphatic carbocycles. The van der Waals surface area contributed by atoms with Gasteiger partial charge in [0.15, 0.2) is 6.61 Å². The average molecular weight is 425 g/mol. The summed E-state index contributed by atoms with van der Waals surface area (Å²) in [7, 11) is 0. The van der Waals surface area contributed by atoms with Crippen LogP contribution in [0.4, 0.5) is 0 Å². The first-order valence-corrected chi connectivity index (χ1v) is 10.1. The highest BCUT2D eigenvalue weighted by Gasteiger charge is 2.22. The van der Waals surface area contributed by atoms with Gasteiger partial charge in [-0.1, -0.05) is 35.9 Å². The Bertz CT molecular complexity index is 1130. The molecule has 30 heavy (non-hydrogen) atoms. The molecule has 3 aromatic rings. The van der Waals surface area contributed by atoms with Gasteiger partial charge in [-0.15, -0.1) is 0 Å². The SMILES string of the molecule is Cc1cc(C)c(C(=O)COC(=O)c2c(C)nn(Cc3ccccc3Cl)c2C)cc1C. The summed E-state index contributed by atoms with van der Waals surface area (Å²) in [4.78, 5) is 25.3. The molecular weight excluding hydrogens is 400 g/mol. The van der Waals surface area contributed by atoms with Crippen LogP contribution in [-0.4, -0.2) is 28.1 Å². The largest absolute Gasteiger partial charge is 0.454 e. The van der Waals surface area contributed by atoms with Crippen LogP contribution in [0.5, 0.6) is 0 Å². The number of ether oxygens (including phenoxy) is 1. The number of hydrogen-bond acceptors (Lipinski definition) is 4. The van der Waals surface area contributed by atoms with Gasteiger partial charge in [0, 0.05) is 10.6 Å². The highest BCUT2D eigenvalue weighted by Crippen LogP contribution is 2.21. The molecule has 0 unspecified atom stereocenters. The zero-order chi connectivity index (χ0) is 22.0. The summed E-state index contributed by atoms with van der Waals surface area (Å²) in [6, 6.07) is 11.3. The smallest absolute Gasteiger partial charge is 0.342 e. The normalized spacial score (nSPS) is 10.9. The summed E-state index contributed by atoms with van der Waals surface area (Å²) in [6.07, 6.45) is 0. The molecule has 0 amide bonds. The number of rotatable bonds is 6. The van der Waals surface area contributed by atoms with Crippen molar-refractivity contribution in [2.24, 2.45) is 0 Å². The average Bonchev–Trinajstić information content (AvgIpc) is 2.97. The minimum atomic E-state index is -0.551. The molecule has 0 N–H and O–H groups in total. The van der Waals surface area contributed by atoms with Crippen LogP contribution in [0.3, 0.4) is 0 Å². The molecule has 1 heterocycles. The number of carbonyl (C=O) groups excluding carboxylic acids is 2. The Morgan fingerprint density at radius 1 is 1.00 bits per heavy atom. The third-order valence-electron chi connectivity index (χ3n) is 5.34. The molecule has 0 aliphatic heterocycles. The minimum Gasteiger partial charge on any atom is -0.454 e. The van der Waals surface area contributed by atoms with Gasteiger partial charge in [-0.05, 0) is 69.0 Å². The van der Waals surface area contributed by atoms with Crippen LogP contribution < -0.4 is 0 Å². The molecule has 0 saturated carbocycles. The van der Waals surface area contributed by atoms with Gasteiger partial charge < -0.3 is 4.74 Å². The molecule has 5 nitrogen and oxygen atoms in total. The number of hydrogen-bond donors (Lipinski definition) is 0. The van der Waals surface area contributed by atoms with Gasteiger partial charge >= 0.3 is 5.97 Å².